The van der Waals surface area contributed by atoms with Gasteiger partial charge in [0.15, 0.2) is 0 Å². The van der Waals surface area contributed by atoms with Gasteiger partial charge in [0.05, 0.1) is 22.5 Å². The maximum Gasteiger partial charge on any atom is 0.206 e. The summed E-state index contributed by atoms with van der Waals surface area (Å²) in [5.74, 6) is 0.601. The molecule has 7 heteroatoms. The fourth-order valence-corrected chi connectivity index (χ4v) is 4.17. The van der Waals surface area contributed by atoms with Gasteiger partial charge in [0.2, 0.25) is 9.84 Å². The van der Waals surface area contributed by atoms with Crippen molar-refractivity contribution in [3.05, 3.63) is 77.9 Å². The number of nitrogen functional groups attached to an aromatic ring is 1. The monoisotopic (exact) mass is 407 g/mol. The molecule has 0 aromatic heterocycles. The second kappa shape index (κ2) is 8.25. The third kappa shape index (κ3) is 4.33. The number of ether oxygens (including phenoxy) is 1. The van der Waals surface area contributed by atoms with Crippen molar-refractivity contribution in [2.75, 3.05) is 24.8 Å². The summed E-state index contributed by atoms with van der Waals surface area (Å²) in [5.41, 5.74) is 8.43. The Morgan fingerprint density at radius 3 is 2.14 bits per heavy atom. The molecular weight excluding hydrogens is 386 g/mol. The first-order valence-electron chi connectivity index (χ1n) is 8.84. The Kier molecular flexibility index (Phi) is 5.76. The van der Waals surface area contributed by atoms with Gasteiger partial charge in [-0.2, -0.15) is 5.26 Å². The Bertz CT molecular complexity index is 1150. The molecule has 29 heavy (non-hydrogen) atoms. The molecule has 0 saturated carbocycles. The minimum absolute atomic E-state index is 0.217. The number of methoxy groups -OCH3 is 1. The van der Waals surface area contributed by atoms with E-state index in [9.17, 15) is 8.42 Å². The van der Waals surface area contributed by atoms with Gasteiger partial charge in [-0.05, 0) is 60.2 Å². The first kappa shape index (κ1) is 20.2. The van der Waals surface area contributed by atoms with Crippen molar-refractivity contribution < 1.29 is 13.2 Å². The summed E-state index contributed by atoms with van der Waals surface area (Å²) in [7, 11) is -0.164. The van der Waals surface area contributed by atoms with Crippen LogP contribution in [0, 0.1) is 11.3 Å². The van der Waals surface area contributed by atoms with Gasteiger partial charge in [-0.15, -0.1) is 0 Å². The topological polar surface area (TPSA) is 96.4 Å². The Balaban J connectivity index is 1.78. The molecule has 148 valence electrons. The normalized spacial score (nSPS) is 10.9. The molecule has 3 aromatic rings. The van der Waals surface area contributed by atoms with Gasteiger partial charge in [0.25, 0.3) is 0 Å². The Morgan fingerprint density at radius 2 is 1.59 bits per heavy atom. The standard InChI is InChI=1S/C22H21N3O3S/c1-25(18-5-12-22(24)17(13-18)14-23)15-16-3-8-20(9-4-16)29(26,27)21-10-6-19(28-2)7-11-21/h3-13H,15,24H2,1-2H3. The van der Waals surface area contributed by atoms with E-state index in [4.69, 9.17) is 15.7 Å². The fraction of sp³-hybridized carbons (Fsp3) is 0.136. The average molecular weight is 407 g/mol. The number of hydrogen-bond donors (Lipinski definition) is 1. The summed E-state index contributed by atoms with van der Waals surface area (Å²) in [5, 5.41) is 9.13. The van der Waals surface area contributed by atoms with E-state index in [1.54, 1.807) is 48.5 Å². The molecule has 0 fully saturated rings. The van der Waals surface area contributed by atoms with E-state index in [1.807, 2.05) is 18.0 Å². The molecule has 0 bridgehead atoms. The minimum Gasteiger partial charge on any atom is -0.497 e. The second-order valence-corrected chi connectivity index (χ2v) is 8.51. The van der Waals surface area contributed by atoms with Crippen LogP contribution in [0.25, 0.3) is 0 Å². The molecule has 3 rings (SSSR count). The van der Waals surface area contributed by atoms with Crippen LogP contribution in [0.2, 0.25) is 0 Å². The lowest BCUT2D eigenvalue weighted by atomic mass is 10.1. The molecule has 0 aliphatic carbocycles. The van der Waals surface area contributed by atoms with E-state index in [0.717, 1.165) is 11.3 Å². The van der Waals surface area contributed by atoms with E-state index < -0.39 is 9.84 Å². The van der Waals surface area contributed by atoms with Crippen LogP contribution in [-0.2, 0) is 16.4 Å². The highest BCUT2D eigenvalue weighted by Crippen LogP contribution is 2.25. The molecule has 0 saturated heterocycles. The zero-order chi connectivity index (χ0) is 21.0. The molecule has 0 heterocycles. The van der Waals surface area contributed by atoms with Crippen LogP contribution in [0.4, 0.5) is 11.4 Å². The number of anilines is 2. The van der Waals surface area contributed by atoms with E-state index in [0.29, 0.717) is 23.5 Å². The number of nitriles is 1. The van der Waals surface area contributed by atoms with Crippen LogP contribution in [-0.4, -0.2) is 22.6 Å². The van der Waals surface area contributed by atoms with Crippen LogP contribution >= 0.6 is 0 Å². The zero-order valence-corrected chi connectivity index (χ0v) is 17.0. The van der Waals surface area contributed by atoms with Crippen LogP contribution < -0.4 is 15.4 Å². The summed E-state index contributed by atoms with van der Waals surface area (Å²) in [6, 6.07) is 20.4. The van der Waals surface area contributed by atoms with Crippen molar-refractivity contribution in [3.8, 4) is 11.8 Å². The van der Waals surface area contributed by atoms with Crippen molar-refractivity contribution in [1.82, 2.24) is 0 Å². The van der Waals surface area contributed by atoms with Gasteiger partial charge >= 0.3 is 0 Å². The first-order valence-corrected chi connectivity index (χ1v) is 10.3. The molecule has 0 aliphatic rings. The predicted molar refractivity (Wildman–Crippen MR) is 113 cm³/mol. The van der Waals surface area contributed by atoms with Crippen LogP contribution in [0.3, 0.4) is 0 Å². The molecule has 0 aliphatic heterocycles. The lowest BCUT2D eigenvalue weighted by Gasteiger charge is -2.20. The molecule has 0 unspecified atom stereocenters. The molecule has 0 amide bonds. The van der Waals surface area contributed by atoms with E-state index in [2.05, 4.69) is 6.07 Å². The van der Waals surface area contributed by atoms with Crippen LogP contribution in [0.1, 0.15) is 11.1 Å². The smallest absolute Gasteiger partial charge is 0.206 e. The van der Waals surface area contributed by atoms with Gasteiger partial charge in [0, 0.05) is 25.0 Å². The van der Waals surface area contributed by atoms with Crippen molar-refractivity contribution in [2.24, 2.45) is 0 Å². The molecule has 2 N–H and O–H groups in total. The van der Waals surface area contributed by atoms with E-state index in [1.165, 1.54) is 19.2 Å². The first-order chi connectivity index (χ1) is 13.8. The Hall–Kier alpha value is -3.50. The molecule has 0 atom stereocenters. The summed E-state index contributed by atoms with van der Waals surface area (Å²) in [4.78, 5) is 2.41. The number of nitrogens with two attached hydrogens (primary N) is 1. The largest absolute Gasteiger partial charge is 0.497 e. The molecule has 0 radical (unpaired) electrons. The molecular formula is C22H21N3O3S. The van der Waals surface area contributed by atoms with Gasteiger partial charge in [-0.1, -0.05) is 12.1 Å². The van der Waals surface area contributed by atoms with Gasteiger partial charge in [-0.25, -0.2) is 8.42 Å². The lowest BCUT2D eigenvalue weighted by Crippen LogP contribution is -2.16. The van der Waals surface area contributed by atoms with Crippen molar-refractivity contribution in [2.45, 2.75) is 16.3 Å². The second-order valence-electron chi connectivity index (χ2n) is 6.56. The Morgan fingerprint density at radius 1 is 1.00 bits per heavy atom. The number of rotatable bonds is 6. The van der Waals surface area contributed by atoms with Gasteiger partial charge in [0.1, 0.15) is 11.8 Å². The zero-order valence-electron chi connectivity index (χ0n) is 16.2. The molecule has 6 nitrogen and oxygen atoms in total. The highest BCUT2D eigenvalue weighted by atomic mass is 32.2. The highest BCUT2D eigenvalue weighted by Gasteiger charge is 2.17. The van der Waals surface area contributed by atoms with Crippen molar-refractivity contribution in [3.63, 3.8) is 0 Å². The molecule has 0 spiro atoms. The third-order valence-corrected chi connectivity index (χ3v) is 6.41. The minimum atomic E-state index is -3.59. The van der Waals surface area contributed by atoms with E-state index in [-0.39, 0.29) is 9.79 Å². The average Bonchev–Trinajstić information content (AvgIpc) is 2.74. The summed E-state index contributed by atoms with van der Waals surface area (Å²) in [6.45, 7) is 0.553. The van der Waals surface area contributed by atoms with Gasteiger partial charge < -0.3 is 15.4 Å². The van der Waals surface area contributed by atoms with Crippen LogP contribution in [0.15, 0.2) is 76.5 Å². The summed E-state index contributed by atoms with van der Waals surface area (Å²) < 4.78 is 30.7. The number of sulfone groups is 1. The van der Waals surface area contributed by atoms with E-state index >= 15 is 0 Å². The number of hydrogen-bond acceptors (Lipinski definition) is 6. The third-order valence-electron chi connectivity index (χ3n) is 4.62. The highest BCUT2D eigenvalue weighted by molar-refractivity contribution is 7.91. The Labute approximate surface area is 170 Å². The lowest BCUT2D eigenvalue weighted by molar-refractivity contribution is 0.414. The quantitative estimate of drug-likeness (QED) is 0.627. The number of nitrogens with zero attached hydrogens (tertiary/aromatic N) is 2. The maximum absolute atomic E-state index is 12.8. The fourth-order valence-electron chi connectivity index (χ4n) is 2.91. The van der Waals surface area contributed by atoms with Crippen molar-refractivity contribution in [1.29, 1.82) is 5.26 Å². The summed E-state index contributed by atoms with van der Waals surface area (Å²) in [6.07, 6.45) is 0. The number of benzene rings is 3. The predicted octanol–water partition coefficient (Wildman–Crippen LogP) is 3.62. The maximum atomic E-state index is 12.8. The molecule has 3 aromatic carbocycles. The van der Waals surface area contributed by atoms with Crippen molar-refractivity contribution >= 4 is 21.2 Å². The summed E-state index contributed by atoms with van der Waals surface area (Å²) >= 11 is 0. The van der Waals surface area contributed by atoms with Crippen LogP contribution in [0.5, 0.6) is 5.75 Å². The van der Waals surface area contributed by atoms with Gasteiger partial charge in [-0.3, -0.25) is 0 Å². The SMILES string of the molecule is COc1ccc(S(=O)(=O)c2ccc(CN(C)c3ccc(N)c(C#N)c3)cc2)cc1.